The number of rotatable bonds is 8. The van der Waals surface area contributed by atoms with Gasteiger partial charge in [-0.2, -0.15) is 5.10 Å². The van der Waals surface area contributed by atoms with Gasteiger partial charge in [0.25, 0.3) is 0 Å². The van der Waals surface area contributed by atoms with E-state index in [9.17, 15) is 4.79 Å². The molecule has 1 aromatic heterocycles. The van der Waals surface area contributed by atoms with Crippen LogP contribution < -0.4 is 10.1 Å². The van der Waals surface area contributed by atoms with Gasteiger partial charge in [-0.1, -0.05) is 18.5 Å². The van der Waals surface area contributed by atoms with Crippen molar-refractivity contribution in [2.24, 2.45) is 0 Å². The van der Waals surface area contributed by atoms with Gasteiger partial charge in [0.15, 0.2) is 0 Å². The molecule has 7 nitrogen and oxygen atoms in total. The lowest BCUT2D eigenvalue weighted by molar-refractivity contribution is -0.117. The number of piperazine rings is 1. The number of nitrogens with one attached hydrogen (secondary N) is 1. The van der Waals surface area contributed by atoms with Gasteiger partial charge >= 0.3 is 0 Å². The molecule has 1 N–H and O–H groups in total. The maximum Gasteiger partial charge on any atom is 0.239 e. The third kappa shape index (κ3) is 5.47. The minimum atomic E-state index is 0.00261. The molecule has 8 heteroatoms. The summed E-state index contributed by atoms with van der Waals surface area (Å²) in [5.74, 6) is 1.62. The molecule has 1 aliphatic rings. The fourth-order valence-corrected chi connectivity index (χ4v) is 3.63. The number of hydrogen-bond acceptors (Lipinski definition) is 5. The Morgan fingerprint density at radius 3 is 2.68 bits per heavy atom. The van der Waals surface area contributed by atoms with Gasteiger partial charge in [-0.3, -0.25) is 14.6 Å². The van der Waals surface area contributed by atoms with Crippen molar-refractivity contribution in [3.05, 3.63) is 41.0 Å². The second kappa shape index (κ2) is 9.91. The van der Waals surface area contributed by atoms with Gasteiger partial charge < -0.3 is 10.1 Å². The molecule has 1 saturated heterocycles. The van der Waals surface area contributed by atoms with Gasteiger partial charge in [0.2, 0.25) is 5.91 Å². The first-order chi connectivity index (χ1) is 13.6. The van der Waals surface area contributed by atoms with Gasteiger partial charge in [0.05, 0.1) is 19.9 Å². The van der Waals surface area contributed by atoms with Crippen LogP contribution in [0, 0.1) is 0 Å². The molecular weight excluding hydrogens is 378 g/mol. The van der Waals surface area contributed by atoms with E-state index in [2.05, 4.69) is 27.1 Å². The van der Waals surface area contributed by atoms with Crippen molar-refractivity contribution < 1.29 is 9.53 Å². The monoisotopic (exact) mass is 405 g/mol. The van der Waals surface area contributed by atoms with E-state index >= 15 is 0 Å². The number of carbonyl (C=O) groups excluding carboxylic acids is 1. The Hall–Kier alpha value is -2.09. The quantitative estimate of drug-likeness (QED) is 0.731. The van der Waals surface area contributed by atoms with Crippen molar-refractivity contribution >= 4 is 23.3 Å². The van der Waals surface area contributed by atoms with Gasteiger partial charge in [-0.05, 0) is 24.6 Å². The Balaban J connectivity index is 1.47. The fraction of sp³-hybridized carbons (Fsp3) is 0.500. The number of ether oxygens (including phenoxy) is 1. The number of methoxy groups -OCH3 is 1. The number of anilines is 1. The summed E-state index contributed by atoms with van der Waals surface area (Å²) >= 11 is 6.13. The van der Waals surface area contributed by atoms with Crippen LogP contribution >= 0.6 is 11.6 Å². The van der Waals surface area contributed by atoms with E-state index in [1.807, 2.05) is 28.9 Å². The first kappa shape index (κ1) is 20.6. The molecule has 1 aromatic carbocycles. The van der Waals surface area contributed by atoms with Gasteiger partial charge in [0.1, 0.15) is 11.6 Å². The summed E-state index contributed by atoms with van der Waals surface area (Å²) in [6.07, 6.45) is 2.69. The Bertz CT molecular complexity index is 787. The lowest BCUT2D eigenvalue weighted by Crippen LogP contribution is -2.48. The Morgan fingerprint density at radius 2 is 1.96 bits per heavy atom. The van der Waals surface area contributed by atoms with Crippen LogP contribution in [0.3, 0.4) is 0 Å². The summed E-state index contributed by atoms with van der Waals surface area (Å²) in [7, 11) is 1.68. The zero-order chi connectivity index (χ0) is 19.9. The predicted octanol–water partition coefficient (Wildman–Crippen LogP) is 2.71. The highest BCUT2D eigenvalue weighted by molar-refractivity contribution is 6.30. The molecule has 1 fully saturated rings. The second-order valence-electron chi connectivity index (χ2n) is 7.00. The fourth-order valence-electron chi connectivity index (χ4n) is 3.43. The molecule has 2 heterocycles. The second-order valence-corrected chi connectivity index (χ2v) is 7.43. The highest BCUT2D eigenvalue weighted by Crippen LogP contribution is 2.24. The first-order valence-electron chi connectivity index (χ1n) is 9.68. The summed E-state index contributed by atoms with van der Waals surface area (Å²) in [6, 6.07) is 7.54. The number of halogens is 1. The first-order valence-corrected chi connectivity index (χ1v) is 10.1. The third-order valence-electron chi connectivity index (χ3n) is 4.89. The highest BCUT2D eigenvalue weighted by atomic mass is 35.5. The van der Waals surface area contributed by atoms with Crippen molar-refractivity contribution in [1.29, 1.82) is 0 Å². The summed E-state index contributed by atoms with van der Waals surface area (Å²) in [5.41, 5.74) is 1.09. The number of carbonyl (C=O) groups is 1. The number of aromatic nitrogens is 2. The van der Waals surface area contributed by atoms with E-state index in [0.717, 1.165) is 62.8 Å². The van der Waals surface area contributed by atoms with Crippen molar-refractivity contribution in [2.75, 3.05) is 45.2 Å². The van der Waals surface area contributed by atoms with E-state index < -0.39 is 0 Å². The van der Waals surface area contributed by atoms with Crippen LogP contribution in [0.4, 0.5) is 5.82 Å². The van der Waals surface area contributed by atoms with Crippen molar-refractivity contribution in [3.63, 3.8) is 0 Å². The topological polar surface area (TPSA) is 62.6 Å². The molecule has 28 heavy (non-hydrogen) atoms. The lowest BCUT2D eigenvalue weighted by atomic mass is 10.1. The Kier molecular flexibility index (Phi) is 7.30. The van der Waals surface area contributed by atoms with Crippen LogP contribution in [-0.2, 0) is 17.9 Å². The van der Waals surface area contributed by atoms with Crippen LogP contribution in [0.5, 0.6) is 5.75 Å². The zero-order valence-electron chi connectivity index (χ0n) is 16.5. The molecule has 0 bridgehead atoms. The van der Waals surface area contributed by atoms with E-state index in [4.69, 9.17) is 16.3 Å². The summed E-state index contributed by atoms with van der Waals surface area (Å²) in [4.78, 5) is 16.9. The molecule has 1 aliphatic heterocycles. The number of benzene rings is 1. The van der Waals surface area contributed by atoms with Crippen molar-refractivity contribution in [3.8, 4) is 5.75 Å². The van der Waals surface area contributed by atoms with Crippen LogP contribution in [0.15, 0.2) is 30.5 Å². The van der Waals surface area contributed by atoms with Crippen LogP contribution in [-0.4, -0.2) is 65.3 Å². The third-order valence-corrected chi connectivity index (χ3v) is 5.12. The number of aryl methyl sites for hydroxylation is 1. The van der Waals surface area contributed by atoms with Crippen molar-refractivity contribution in [1.82, 2.24) is 19.6 Å². The standard InChI is InChI=1S/C20H28ClN5O2/c1-3-8-26-19(6-7-22-26)23-20(27)15-25-11-9-24(10-12-25)14-16-13-17(21)4-5-18(16)28-2/h4-7,13H,3,8-12,14-15H2,1-2H3,(H,23,27). The van der Waals surface area contributed by atoms with E-state index in [-0.39, 0.29) is 5.91 Å². The molecular formula is C20H28ClN5O2. The molecule has 152 valence electrons. The number of amides is 1. The summed E-state index contributed by atoms with van der Waals surface area (Å²) in [6.45, 7) is 7.58. The molecule has 0 unspecified atom stereocenters. The SMILES string of the molecule is CCCn1nccc1NC(=O)CN1CCN(Cc2cc(Cl)ccc2OC)CC1. The minimum absolute atomic E-state index is 0.00261. The molecule has 3 rings (SSSR count). The largest absolute Gasteiger partial charge is 0.496 e. The van der Waals surface area contributed by atoms with Crippen molar-refractivity contribution in [2.45, 2.75) is 26.4 Å². The van der Waals surface area contributed by atoms with E-state index in [0.29, 0.717) is 11.6 Å². The van der Waals surface area contributed by atoms with Gasteiger partial charge in [0, 0.05) is 55.9 Å². The summed E-state index contributed by atoms with van der Waals surface area (Å²) < 4.78 is 7.26. The molecule has 0 aliphatic carbocycles. The molecule has 1 amide bonds. The molecule has 2 aromatic rings. The Morgan fingerprint density at radius 1 is 1.21 bits per heavy atom. The number of nitrogens with zero attached hydrogens (tertiary/aromatic N) is 4. The normalized spacial score (nSPS) is 15.5. The molecule has 0 spiro atoms. The molecule has 0 saturated carbocycles. The van der Waals surface area contributed by atoms with Gasteiger partial charge in [-0.25, -0.2) is 4.68 Å². The average molecular weight is 406 g/mol. The highest BCUT2D eigenvalue weighted by Gasteiger charge is 2.20. The predicted molar refractivity (Wildman–Crippen MR) is 111 cm³/mol. The maximum absolute atomic E-state index is 12.4. The van der Waals surface area contributed by atoms with Crippen LogP contribution in [0.2, 0.25) is 5.02 Å². The van der Waals surface area contributed by atoms with Crippen LogP contribution in [0.1, 0.15) is 18.9 Å². The minimum Gasteiger partial charge on any atom is -0.496 e. The lowest BCUT2D eigenvalue weighted by Gasteiger charge is -2.34. The Labute approximate surface area is 171 Å². The number of hydrogen-bond donors (Lipinski definition) is 1. The molecule has 0 atom stereocenters. The average Bonchev–Trinajstić information content (AvgIpc) is 3.10. The zero-order valence-corrected chi connectivity index (χ0v) is 17.3. The smallest absolute Gasteiger partial charge is 0.239 e. The van der Waals surface area contributed by atoms with E-state index in [1.165, 1.54) is 0 Å². The molecule has 0 radical (unpaired) electrons. The maximum atomic E-state index is 12.4. The van der Waals surface area contributed by atoms with Crippen LogP contribution in [0.25, 0.3) is 0 Å². The van der Waals surface area contributed by atoms with E-state index in [1.54, 1.807) is 13.3 Å². The summed E-state index contributed by atoms with van der Waals surface area (Å²) in [5, 5.41) is 7.92. The van der Waals surface area contributed by atoms with Gasteiger partial charge in [-0.15, -0.1) is 0 Å².